The molecule has 0 aliphatic heterocycles. The van der Waals surface area contributed by atoms with E-state index in [1.54, 1.807) is 4.90 Å². The molecule has 1 aromatic rings. The van der Waals surface area contributed by atoms with Crippen molar-refractivity contribution in [1.82, 2.24) is 4.90 Å². The molecule has 1 amide bonds. The van der Waals surface area contributed by atoms with Gasteiger partial charge in [-0.3, -0.25) is 4.79 Å². The fraction of sp³-hybridized carbons (Fsp3) is 0.500. The summed E-state index contributed by atoms with van der Waals surface area (Å²) >= 11 is 3.17. The largest absolute Gasteiger partial charge is 0.452 e. The van der Waals surface area contributed by atoms with Crippen LogP contribution in [-0.2, 0) is 19.6 Å². The second-order valence-corrected chi connectivity index (χ2v) is 8.46. The maximum absolute atomic E-state index is 12.3. The number of rotatable bonds is 8. The first-order valence-electron chi connectivity index (χ1n) is 7.99. The molecule has 0 aromatic heterocycles. The molecule has 0 heterocycles. The van der Waals surface area contributed by atoms with Gasteiger partial charge in [-0.25, -0.2) is 18.4 Å². The molecular formula is C16H21BrN2O5S. The lowest BCUT2D eigenvalue weighted by molar-refractivity contribution is -0.134. The Kier molecular flexibility index (Phi) is 6.59. The summed E-state index contributed by atoms with van der Waals surface area (Å²) in [6.45, 7) is 2.92. The van der Waals surface area contributed by atoms with Crippen LogP contribution in [0, 0.1) is 5.92 Å². The number of hydrogen-bond donors (Lipinski definition) is 1. The van der Waals surface area contributed by atoms with Crippen molar-refractivity contribution >= 4 is 37.8 Å². The van der Waals surface area contributed by atoms with Gasteiger partial charge < -0.3 is 9.64 Å². The summed E-state index contributed by atoms with van der Waals surface area (Å²) < 4.78 is 28.2. The summed E-state index contributed by atoms with van der Waals surface area (Å²) in [5, 5.41) is 5.07. The molecule has 0 unspecified atom stereocenters. The zero-order chi connectivity index (χ0) is 18.6. The summed E-state index contributed by atoms with van der Waals surface area (Å²) in [7, 11) is -3.94. The molecule has 1 aliphatic carbocycles. The van der Waals surface area contributed by atoms with Crippen LogP contribution in [0.15, 0.2) is 27.6 Å². The van der Waals surface area contributed by atoms with Gasteiger partial charge in [0, 0.05) is 17.6 Å². The van der Waals surface area contributed by atoms with Gasteiger partial charge in [-0.05, 0) is 59.3 Å². The lowest BCUT2D eigenvalue weighted by Crippen LogP contribution is -2.36. The lowest BCUT2D eigenvalue weighted by atomic mass is 10.2. The average molecular weight is 433 g/mol. The van der Waals surface area contributed by atoms with E-state index in [9.17, 15) is 18.0 Å². The molecule has 0 atom stereocenters. The number of nitrogens with two attached hydrogens (primary N) is 1. The first kappa shape index (κ1) is 19.9. The Bertz CT molecular complexity index is 762. The van der Waals surface area contributed by atoms with E-state index in [0.717, 1.165) is 25.3 Å². The maximum atomic E-state index is 12.3. The van der Waals surface area contributed by atoms with Gasteiger partial charge in [0.05, 0.1) is 10.5 Å². The highest BCUT2D eigenvalue weighted by atomic mass is 79.9. The number of benzene rings is 1. The SMILES string of the molecule is CCCN(CC1CC1)C(=O)COC(=O)c1cc(S(N)(=O)=O)ccc1Br. The summed E-state index contributed by atoms with van der Waals surface area (Å²) in [5.74, 6) is -0.485. The molecule has 0 saturated heterocycles. The number of halogens is 1. The number of ether oxygens (including phenoxy) is 1. The third-order valence-corrected chi connectivity index (χ3v) is 5.44. The van der Waals surface area contributed by atoms with Crippen LogP contribution < -0.4 is 5.14 Å². The van der Waals surface area contributed by atoms with Crippen molar-refractivity contribution in [2.45, 2.75) is 31.1 Å². The molecule has 138 valence electrons. The second-order valence-electron chi connectivity index (χ2n) is 6.05. The molecule has 2 N–H and O–H groups in total. The van der Waals surface area contributed by atoms with Crippen molar-refractivity contribution in [1.29, 1.82) is 0 Å². The number of nitrogens with zero attached hydrogens (tertiary/aromatic N) is 1. The van der Waals surface area contributed by atoms with E-state index in [0.29, 0.717) is 23.5 Å². The molecule has 1 saturated carbocycles. The minimum Gasteiger partial charge on any atom is -0.452 e. The van der Waals surface area contributed by atoms with Crippen molar-refractivity contribution in [3.63, 3.8) is 0 Å². The van der Waals surface area contributed by atoms with Crippen LogP contribution in [0.5, 0.6) is 0 Å². The summed E-state index contributed by atoms with van der Waals surface area (Å²) in [4.78, 5) is 26.0. The number of carbonyl (C=O) groups is 2. The van der Waals surface area contributed by atoms with Crippen molar-refractivity contribution in [3.8, 4) is 0 Å². The van der Waals surface area contributed by atoms with Crippen LogP contribution in [0.25, 0.3) is 0 Å². The molecule has 7 nitrogen and oxygen atoms in total. The molecule has 1 aromatic carbocycles. The molecule has 0 spiro atoms. The van der Waals surface area contributed by atoms with E-state index in [4.69, 9.17) is 9.88 Å². The molecule has 25 heavy (non-hydrogen) atoms. The summed E-state index contributed by atoms with van der Waals surface area (Å²) in [5.41, 5.74) is 0.00330. The van der Waals surface area contributed by atoms with Gasteiger partial charge in [-0.15, -0.1) is 0 Å². The normalized spacial score (nSPS) is 14.2. The van der Waals surface area contributed by atoms with Crippen LogP contribution in [0.4, 0.5) is 0 Å². The van der Waals surface area contributed by atoms with Gasteiger partial charge >= 0.3 is 5.97 Å². The summed E-state index contributed by atoms with van der Waals surface area (Å²) in [6.07, 6.45) is 3.08. The number of carbonyl (C=O) groups excluding carboxylic acids is 2. The Balaban J connectivity index is 2.02. The predicted octanol–water partition coefficient (Wildman–Crippen LogP) is 1.90. The highest BCUT2D eigenvalue weighted by Gasteiger charge is 2.27. The monoisotopic (exact) mass is 432 g/mol. The minimum absolute atomic E-state index is 0.00330. The maximum Gasteiger partial charge on any atom is 0.339 e. The van der Waals surface area contributed by atoms with E-state index in [1.807, 2.05) is 6.92 Å². The second kappa shape index (κ2) is 8.29. The van der Waals surface area contributed by atoms with E-state index in [1.165, 1.54) is 12.1 Å². The number of sulfonamides is 1. The quantitative estimate of drug-likeness (QED) is 0.631. The standard InChI is InChI=1S/C16H21BrN2O5S/c1-2-7-19(9-11-3-4-11)15(20)10-24-16(21)13-8-12(25(18,22)23)5-6-14(13)17/h5-6,8,11H,2-4,7,9-10H2,1H3,(H2,18,22,23). The van der Waals surface area contributed by atoms with Crippen LogP contribution in [-0.4, -0.2) is 44.9 Å². The van der Waals surface area contributed by atoms with Gasteiger partial charge in [-0.2, -0.15) is 0 Å². The van der Waals surface area contributed by atoms with Crippen molar-refractivity contribution in [2.75, 3.05) is 19.7 Å². The van der Waals surface area contributed by atoms with E-state index < -0.39 is 16.0 Å². The van der Waals surface area contributed by atoms with Crippen molar-refractivity contribution < 1.29 is 22.7 Å². The van der Waals surface area contributed by atoms with E-state index >= 15 is 0 Å². The molecule has 2 rings (SSSR count). The zero-order valence-electron chi connectivity index (χ0n) is 13.9. The van der Waals surface area contributed by atoms with Gasteiger partial charge in [0.1, 0.15) is 0 Å². The van der Waals surface area contributed by atoms with E-state index in [2.05, 4.69) is 15.9 Å². The first-order valence-corrected chi connectivity index (χ1v) is 10.3. The van der Waals surface area contributed by atoms with Crippen LogP contribution in [0.3, 0.4) is 0 Å². The molecule has 0 bridgehead atoms. The molecule has 1 fully saturated rings. The van der Waals surface area contributed by atoms with E-state index in [-0.39, 0.29) is 23.0 Å². The topological polar surface area (TPSA) is 107 Å². The van der Waals surface area contributed by atoms with Crippen molar-refractivity contribution in [3.05, 3.63) is 28.2 Å². The van der Waals surface area contributed by atoms with Crippen LogP contribution >= 0.6 is 15.9 Å². The summed E-state index contributed by atoms with van der Waals surface area (Å²) in [6, 6.07) is 3.80. The predicted molar refractivity (Wildman–Crippen MR) is 95.4 cm³/mol. The Hall–Kier alpha value is -1.45. The molecular weight excluding hydrogens is 412 g/mol. The van der Waals surface area contributed by atoms with Gasteiger partial charge in [-0.1, -0.05) is 6.92 Å². The highest BCUT2D eigenvalue weighted by Crippen LogP contribution is 2.29. The molecule has 1 aliphatic rings. The molecule has 9 heteroatoms. The third-order valence-electron chi connectivity index (χ3n) is 3.83. The number of hydrogen-bond acceptors (Lipinski definition) is 5. The Morgan fingerprint density at radius 1 is 1.36 bits per heavy atom. The zero-order valence-corrected chi connectivity index (χ0v) is 16.3. The van der Waals surface area contributed by atoms with Crippen molar-refractivity contribution in [2.24, 2.45) is 11.1 Å². The third kappa shape index (κ3) is 5.79. The fourth-order valence-electron chi connectivity index (χ4n) is 2.33. The van der Waals surface area contributed by atoms with Crippen LogP contribution in [0.1, 0.15) is 36.5 Å². The number of amides is 1. The smallest absolute Gasteiger partial charge is 0.339 e. The van der Waals surface area contributed by atoms with Crippen LogP contribution in [0.2, 0.25) is 0 Å². The highest BCUT2D eigenvalue weighted by molar-refractivity contribution is 9.10. The van der Waals surface area contributed by atoms with Gasteiger partial charge in [0.15, 0.2) is 6.61 Å². The Labute approximate surface area is 155 Å². The molecule has 0 radical (unpaired) electrons. The Morgan fingerprint density at radius 2 is 2.04 bits per heavy atom. The fourth-order valence-corrected chi connectivity index (χ4v) is 3.28. The van der Waals surface area contributed by atoms with Gasteiger partial charge in [0.25, 0.3) is 5.91 Å². The van der Waals surface area contributed by atoms with Gasteiger partial charge in [0.2, 0.25) is 10.0 Å². The number of primary sulfonamides is 1. The number of esters is 1. The average Bonchev–Trinajstić information content (AvgIpc) is 3.35. The minimum atomic E-state index is -3.94. The first-order chi connectivity index (χ1) is 11.7. The lowest BCUT2D eigenvalue weighted by Gasteiger charge is -2.21. The Morgan fingerprint density at radius 3 is 2.60 bits per heavy atom.